The van der Waals surface area contributed by atoms with Crippen molar-refractivity contribution >= 4 is 5.91 Å². The average molecular weight is 431 g/mol. The zero-order valence-corrected chi connectivity index (χ0v) is 18.6. The van der Waals surface area contributed by atoms with Crippen molar-refractivity contribution < 1.29 is 4.79 Å². The van der Waals surface area contributed by atoms with Gasteiger partial charge in [-0.2, -0.15) is 0 Å². The van der Waals surface area contributed by atoms with E-state index in [4.69, 9.17) is 0 Å². The Morgan fingerprint density at radius 3 is 2.56 bits per heavy atom. The summed E-state index contributed by atoms with van der Waals surface area (Å²) in [4.78, 5) is 35.1. The molecule has 0 unspecified atom stereocenters. The van der Waals surface area contributed by atoms with Crippen LogP contribution in [0.4, 0.5) is 0 Å². The summed E-state index contributed by atoms with van der Waals surface area (Å²) in [5, 5.41) is 0. The monoisotopic (exact) mass is 430 g/mol. The maximum absolute atomic E-state index is 13.4. The van der Waals surface area contributed by atoms with E-state index < -0.39 is 0 Å². The van der Waals surface area contributed by atoms with Gasteiger partial charge in [-0.05, 0) is 49.1 Å². The maximum Gasteiger partial charge on any atom is 0.263 e. The number of hydrogen-bond acceptors (Lipinski definition) is 4. The number of nitrogens with zero attached hydrogens (tertiary/aromatic N) is 4. The minimum Gasteiger partial charge on any atom is -0.337 e. The number of benzene rings is 1. The van der Waals surface area contributed by atoms with E-state index in [1.54, 1.807) is 10.8 Å². The molecule has 3 aromatic rings. The summed E-state index contributed by atoms with van der Waals surface area (Å²) >= 11 is 0. The molecule has 0 N–H and O–H groups in total. The van der Waals surface area contributed by atoms with E-state index >= 15 is 0 Å². The highest BCUT2D eigenvalue weighted by atomic mass is 16.2. The van der Waals surface area contributed by atoms with Crippen LogP contribution in [-0.2, 0) is 19.5 Å². The molecule has 6 heteroatoms. The predicted molar refractivity (Wildman–Crippen MR) is 126 cm³/mol. The standard InChI is InChI=1S/C26H30N4O2/c1-21-11-16-30(17-12-22-8-3-2-4-9-22)26(32)24(21)25(31)29-15-7-14-28(18-19-29)20-23-10-5-6-13-27-23/h2-6,8-11,13,16H,7,12,14-15,17-20H2,1H3. The van der Waals surface area contributed by atoms with E-state index in [1.807, 2.05) is 60.5 Å². The molecule has 1 fully saturated rings. The summed E-state index contributed by atoms with van der Waals surface area (Å²) in [6.07, 6.45) is 5.24. The Balaban J connectivity index is 1.44. The van der Waals surface area contributed by atoms with Gasteiger partial charge in [0.25, 0.3) is 11.5 Å². The summed E-state index contributed by atoms with van der Waals surface area (Å²) in [6.45, 7) is 6.15. The molecule has 32 heavy (non-hydrogen) atoms. The van der Waals surface area contributed by atoms with Gasteiger partial charge >= 0.3 is 0 Å². The van der Waals surface area contributed by atoms with Crippen molar-refractivity contribution in [2.45, 2.75) is 32.9 Å². The summed E-state index contributed by atoms with van der Waals surface area (Å²) in [5.74, 6) is -0.152. The summed E-state index contributed by atoms with van der Waals surface area (Å²) in [7, 11) is 0. The molecule has 4 rings (SSSR count). The number of aryl methyl sites for hydroxylation is 3. The van der Waals surface area contributed by atoms with Gasteiger partial charge in [0.1, 0.15) is 5.56 Å². The van der Waals surface area contributed by atoms with Gasteiger partial charge < -0.3 is 9.47 Å². The molecule has 1 aromatic carbocycles. The third-order valence-corrected chi connectivity index (χ3v) is 6.06. The summed E-state index contributed by atoms with van der Waals surface area (Å²) < 4.78 is 1.67. The number of aromatic nitrogens is 2. The van der Waals surface area contributed by atoms with Gasteiger partial charge in [0.05, 0.1) is 5.69 Å². The van der Waals surface area contributed by atoms with Crippen molar-refractivity contribution in [2.75, 3.05) is 26.2 Å². The Kier molecular flexibility index (Phi) is 7.12. The SMILES string of the molecule is Cc1ccn(CCc2ccccc2)c(=O)c1C(=O)N1CCCN(Cc2ccccn2)CC1. The molecule has 1 aliphatic heterocycles. The molecule has 2 aromatic heterocycles. The normalized spacial score (nSPS) is 14.8. The second-order valence-electron chi connectivity index (χ2n) is 8.35. The molecule has 1 amide bonds. The Bertz CT molecular complexity index is 1100. The Labute approximate surface area is 189 Å². The van der Waals surface area contributed by atoms with Gasteiger partial charge in [0.15, 0.2) is 0 Å². The van der Waals surface area contributed by atoms with Gasteiger partial charge in [-0.25, -0.2) is 0 Å². The van der Waals surface area contributed by atoms with E-state index in [-0.39, 0.29) is 11.5 Å². The molecule has 166 valence electrons. The van der Waals surface area contributed by atoms with Gasteiger partial charge in [-0.3, -0.25) is 19.5 Å². The molecule has 0 aliphatic carbocycles. The van der Waals surface area contributed by atoms with E-state index in [1.165, 1.54) is 5.56 Å². The molecule has 6 nitrogen and oxygen atoms in total. The Morgan fingerprint density at radius 2 is 1.78 bits per heavy atom. The van der Waals surface area contributed by atoms with Crippen LogP contribution in [0.25, 0.3) is 0 Å². The van der Waals surface area contributed by atoms with Crippen LogP contribution < -0.4 is 5.56 Å². The summed E-state index contributed by atoms with van der Waals surface area (Å²) in [5.41, 5.74) is 3.06. The fraction of sp³-hybridized carbons (Fsp3) is 0.346. The van der Waals surface area contributed by atoms with Gasteiger partial charge in [-0.15, -0.1) is 0 Å². The minimum absolute atomic E-state index is 0.152. The van der Waals surface area contributed by atoms with E-state index in [0.717, 1.165) is 43.7 Å². The molecule has 1 aliphatic rings. The fourth-order valence-electron chi connectivity index (χ4n) is 4.21. The topological polar surface area (TPSA) is 58.4 Å². The Hall–Kier alpha value is -3.25. The largest absolute Gasteiger partial charge is 0.337 e. The van der Waals surface area contributed by atoms with E-state index in [9.17, 15) is 9.59 Å². The number of amides is 1. The number of hydrogen-bond donors (Lipinski definition) is 0. The fourth-order valence-corrected chi connectivity index (χ4v) is 4.21. The smallest absolute Gasteiger partial charge is 0.263 e. The van der Waals surface area contributed by atoms with Crippen molar-refractivity contribution in [3.05, 3.63) is 99.7 Å². The molecule has 0 bridgehead atoms. The first-order valence-corrected chi connectivity index (χ1v) is 11.3. The maximum atomic E-state index is 13.4. The van der Waals surface area contributed by atoms with E-state index in [2.05, 4.69) is 22.0 Å². The first kappa shape index (κ1) is 22.0. The number of carbonyl (C=O) groups is 1. The first-order chi connectivity index (χ1) is 15.6. The third-order valence-electron chi connectivity index (χ3n) is 6.06. The van der Waals surface area contributed by atoms with Gasteiger partial charge in [-0.1, -0.05) is 36.4 Å². The highest BCUT2D eigenvalue weighted by Gasteiger charge is 2.24. The van der Waals surface area contributed by atoms with Crippen LogP contribution in [0.2, 0.25) is 0 Å². The van der Waals surface area contributed by atoms with Crippen molar-refractivity contribution in [3.63, 3.8) is 0 Å². The molecule has 1 saturated heterocycles. The van der Waals surface area contributed by atoms with Crippen LogP contribution >= 0.6 is 0 Å². The third kappa shape index (κ3) is 5.32. The average Bonchev–Trinajstić information content (AvgIpc) is 3.05. The molecule has 3 heterocycles. The lowest BCUT2D eigenvalue weighted by Gasteiger charge is -2.22. The van der Waals surface area contributed by atoms with E-state index in [0.29, 0.717) is 25.2 Å². The molecular formula is C26H30N4O2. The lowest BCUT2D eigenvalue weighted by atomic mass is 10.1. The van der Waals surface area contributed by atoms with Crippen LogP contribution in [0.3, 0.4) is 0 Å². The number of rotatable bonds is 6. The number of carbonyl (C=O) groups excluding carboxylic acids is 1. The molecular weight excluding hydrogens is 400 g/mol. The van der Waals surface area contributed by atoms with Crippen LogP contribution in [0.1, 0.15) is 33.6 Å². The van der Waals surface area contributed by atoms with Gasteiger partial charge in [0, 0.05) is 51.7 Å². The van der Waals surface area contributed by atoms with Crippen LogP contribution in [0.15, 0.2) is 71.8 Å². The molecule has 0 atom stereocenters. The second kappa shape index (κ2) is 10.4. The van der Waals surface area contributed by atoms with Crippen molar-refractivity contribution in [3.8, 4) is 0 Å². The quantitative estimate of drug-likeness (QED) is 0.603. The van der Waals surface area contributed by atoms with Gasteiger partial charge in [0.2, 0.25) is 0 Å². The zero-order chi connectivity index (χ0) is 22.3. The lowest BCUT2D eigenvalue weighted by molar-refractivity contribution is 0.0757. The molecule has 0 spiro atoms. The van der Waals surface area contributed by atoms with Crippen molar-refractivity contribution in [2.24, 2.45) is 0 Å². The van der Waals surface area contributed by atoms with Crippen molar-refractivity contribution in [1.29, 1.82) is 0 Å². The predicted octanol–water partition coefficient (Wildman–Crippen LogP) is 3.14. The summed E-state index contributed by atoms with van der Waals surface area (Å²) in [6, 6.07) is 17.9. The van der Waals surface area contributed by atoms with Crippen LogP contribution in [0, 0.1) is 6.92 Å². The zero-order valence-electron chi connectivity index (χ0n) is 18.6. The molecule has 0 saturated carbocycles. The van der Waals surface area contributed by atoms with Crippen LogP contribution in [-0.4, -0.2) is 51.4 Å². The Morgan fingerprint density at radius 1 is 0.969 bits per heavy atom. The highest BCUT2D eigenvalue weighted by Crippen LogP contribution is 2.12. The van der Waals surface area contributed by atoms with Crippen LogP contribution in [0.5, 0.6) is 0 Å². The second-order valence-corrected chi connectivity index (χ2v) is 8.35. The highest BCUT2D eigenvalue weighted by molar-refractivity contribution is 5.95. The van der Waals surface area contributed by atoms with Crippen molar-refractivity contribution in [1.82, 2.24) is 19.4 Å². The number of pyridine rings is 2. The minimum atomic E-state index is -0.194. The lowest BCUT2D eigenvalue weighted by Crippen LogP contribution is -2.39. The first-order valence-electron chi connectivity index (χ1n) is 11.3. The molecule has 0 radical (unpaired) electrons.